The third kappa shape index (κ3) is 6.54. The van der Waals surface area contributed by atoms with E-state index in [-0.39, 0.29) is 18.5 Å². The molecule has 2 aliphatic heterocycles. The number of H-pyrrole nitrogens is 1. The van der Waals surface area contributed by atoms with Gasteiger partial charge >= 0.3 is 12.0 Å². The molecule has 2 aliphatic rings. The maximum atomic E-state index is 13.1. The van der Waals surface area contributed by atoms with Gasteiger partial charge in [0.1, 0.15) is 0 Å². The summed E-state index contributed by atoms with van der Waals surface area (Å²) in [6.45, 7) is 2.19. The number of aromatic amines is 1. The lowest BCUT2D eigenvalue weighted by Gasteiger charge is -2.28. The van der Waals surface area contributed by atoms with Crippen LogP contribution < -0.4 is 10.2 Å². The van der Waals surface area contributed by atoms with E-state index in [0.717, 1.165) is 16.0 Å². The number of carbonyl (C=O) groups is 5. The number of piperidine rings is 1. The molecule has 214 valence electrons. The van der Waals surface area contributed by atoms with Gasteiger partial charge in [0.25, 0.3) is 17.6 Å². The number of urea groups is 1. The number of terminal acetylenes is 1. The van der Waals surface area contributed by atoms with Gasteiger partial charge in [-0.3, -0.25) is 19.2 Å². The van der Waals surface area contributed by atoms with Crippen LogP contribution in [0.1, 0.15) is 42.1 Å². The number of nitrogens with zero attached hydrogens (tertiary/aromatic N) is 3. The van der Waals surface area contributed by atoms with Crippen molar-refractivity contribution in [1.29, 1.82) is 5.26 Å². The highest BCUT2D eigenvalue weighted by molar-refractivity contribution is 6.45. The summed E-state index contributed by atoms with van der Waals surface area (Å²) in [4.78, 5) is 65.3. The molecule has 0 saturated carbocycles. The molecule has 2 aromatic carbocycles. The fraction of sp³-hybridized carbons (Fsp3) is 0.226. The van der Waals surface area contributed by atoms with Crippen molar-refractivity contribution in [2.45, 2.75) is 26.2 Å². The number of nitrogens with one attached hydrogen (secondary N) is 2. The first-order valence-electron chi connectivity index (χ1n) is 13.0. The van der Waals surface area contributed by atoms with Crippen molar-refractivity contribution in [3.63, 3.8) is 0 Å². The molecule has 0 bridgehead atoms. The van der Waals surface area contributed by atoms with Gasteiger partial charge in [0.2, 0.25) is 0 Å². The van der Waals surface area contributed by atoms with E-state index in [1.807, 2.05) is 30.3 Å². The minimum atomic E-state index is -0.745. The molecular weight excluding hydrogens is 538 g/mol. The van der Waals surface area contributed by atoms with E-state index in [1.165, 1.54) is 11.1 Å². The standard InChI is InChI=1S/C26H21N5O4.C3H6O2.C2H2/c27-13-19(16-5-2-1-3-6-16)17-9-11-30(12-10-17)25(34)24(33)20-14-28-23-18(20)7-4-8-21(23)31-22(32)15-29-26(31)35;1-2-3(4)5;1-2/h1-8,14,28H,9-12,15H2,(H,29,35);2H2,1H3,(H,4,5);1-2H. The van der Waals surface area contributed by atoms with Crippen molar-refractivity contribution < 1.29 is 29.1 Å². The highest BCUT2D eigenvalue weighted by Crippen LogP contribution is 2.31. The van der Waals surface area contributed by atoms with Gasteiger partial charge in [-0.15, -0.1) is 12.8 Å². The van der Waals surface area contributed by atoms with Gasteiger partial charge in [-0.05, 0) is 30.0 Å². The topological polar surface area (TPSA) is 164 Å². The molecular formula is C31H29N5O6. The third-order valence-electron chi connectivity index (χ3n) is 6.70. The zero-order valence-corrected chi connectivity index (χ0v) is 22.9. The number of nitriles is 1. The fourth-order valence-electron chi connectivity index (χ4n) is 4.62. The Kier molecular flexibility index (Phi) is 10.4. The number of carbonyl (C=O) groups excluding carboxylic acids is 4. The van der Waals surface area contributed by atoms with Gasteiger partial charge < -0.3 is 20.3 Å². The number of carboxylic acid groups (broad SMARTS) is 1. The minimum absolute atomic E-state index is 0.0939. The normalized spacial score (nSPS) is 14.1. The minimum Gasteiger partial charge on any atom is -0.481 e. The van der Waals surface area contributed by atoms with Crippen LogP contribution in [0.5, 0.6) is 0 Å². The lowest BCUT2D eigenvalue weighted by Crippen LogP contribution is -2.40. The zero-order valence-electron chi connectivity index (χ0n) is 22.9. The van der Waals surface area contributed by atoms with Crippen LogP contribution in [0, 0.1) is 24.2 Å². The summed E-state index contributed by atoms with van der Waals surface area (Å²) in [7, 11) is 0. The molecule has 2 saturated heterocycles. The molecule has 11 nitrogen and oxygen atoms in total. The Labute approximate surface area is 242 Å². The number of allylic oxidation sites excluding steroid dienone is 1. The van der Waals surface area contributed by atoms with E-state index in [1.54, 1.807) is 25.1 Å². The highest BCUT2D eigenvalue weighted by atomic mass is 16.4. The number of imide groups is 1. The van der Waals surface area contributed by atoms with Crippen LogP contribution in [-0.4, -0.2) is 64.2 Å². The Morgan fingerprint density at radius 3 is 2.21 bits per heavy atom. The summed E-state index contributed by atoms with van der Waals surface area (Å²) in [5, 5.41) is 20.3. The molecule has 0 atom stereocenters. The number of fused-ring (bicyclic) bond motifs is 1. The SMILES string of the molecule is C#C.CCC(=O)O.N#CC(=C1CCN(C(=O)C(=O)c2c[nH]c3c(N4C(=O)CNC4=O)cccc23)CC1)c1ccccc1. The van der Waals surface area contributed by atoms with E-state index in [4.69, 9.17) is 5.11 Å². The lowest BCUT2D eigenvalue weighted by atomic mass is 9.93. The number of amides is 4. The van der Waals surface area contributed by atoms with E-state index >= 15 is 0 Å². The second-order valence-corrected chi connectivity index (χ2v) is 9.11. The van der Waals surface area contributed by atoms with Crippen molar-refractivity contribution in [3.8, 4) is 18.9 Å². The van der Waals surface area contributed by atoms with E-state index in [9.17, 15) is 29.2 Å². The van der Waals surface area contributed by atoms with Crippen LogP contribution in [0.3, 0.4) is 0 Å². The molecule has 1 aromatic heterocycles. The Balaban J connectivity index is 0.000000627. The van der Waals surface area contributed by atoms with Gasteiger partial charge in [0.15, 0.2) is 0 Å². The molecule has 0 spiro atoms. The van der Waals surface area contributed by atoms with Crippen molar-refractivity contribution in [2.75, 3.05) is 24.5 Å². The van der Waals surface area contributed by atoms with Crippen LogP contribution in [0.15, 0.2) is 60.3 Å². The molecule has 3 heterocycles. The Morgan fingerprint density at radius 2 is 1.67 bits per heavy atom. The number of likely N-dealkylation sites (tertiary alicyclic amines) is 1. The molecule has 4 amide bonds. The van der Waals surface area contributed by atoms with Gasteiger partial charge in [-0.1, -0.05) is 49.4 Å². The predicted molar refractivity (Wildman–Crippen MR) is 156 cm³/mol. The molecule has 0 unspecified atom stereocenters. The lowest BCUT2D eigenvalue weighted by molar-refractivity contribution is -0.136. The van der Waals surface area contributed by atoms with Crippen LogP contribution in [0.2, 0.25) is 0 Å². The van der Waals surface area contributed by atoms with Gasteiger partial charge in [-0.25, -0.2) is 9.69 Å². The smallest absolute Gasteiger partial charge is 0.329 e. The first-order valence-corrected chi connectivity index (χ1v) is 13.0. The molecule has 42 heavy (non-hydrogen) atoms. The zero-order chi connectivity index (χ0) is 30.8. The van der Waals surface area contributed by atoms with E-state index < -0.39 is 29.6 Å². The number of hydrogen-bond donors (Lipinski definition) is 3. The molecule has 2 fully saturated rings. The van der Waals surface area contributed by atoms with Crippen molar-refractivity contribution in [1.82, 2.24) is 15.2 Å². The second-order valence-electron chi connectivity index (χ2n) is 9.11. The predicted octanol–water partition coefficient (Wildman–Crippen LogP) is 3.74. The molecule has 5 rings (SSSR count). The largest absolute Gasteiger partial charge is 0.481 e. The summed E-state index contributed by atoms with van der Waals surface area (Å²) in [6.07, 6.45) is 10.7. The first kappa shape index (κ1) is 30.9. The van der Waals surface area contributed by atoms with Crippen LogP contribution in [0.4, 0.5) is 10.5 Å². The van der Waals surface area contributed by atoms with E-state index in [0.29, 0.717) is 48.1 Å². The maximum Gasteiger partial charge on any atom is 0.329 e. The molecule has 3 N–H and O–H groups in total. The molecule has 0 radical (unpaired) electrons. The van der Waals surface area contributed by atoms with Gasteiger partial charge in [0, 0.05) is 31.1 Å². The Bertz CT molecular complexity index is 1590. The van der Waals surface area contributed by atoms with Crippen LogP contribution in [0.25, 0.3) is 16.5 Å². The summed E-state index contributed by atoms with van der Waals surface area (Å²) in [5.41, 5.74) is 3.38. The number of carboxylic acids is 1. The maximum absolute atomic E-state index is 13.1. The number of benzene rings is 2. The van der Waals surface area contributed by atoms with Gasteiger partial charge in [0.05, 0.1) is 35.0 Å². The number of para-hydroxylation sites is 1. The van der Waals surface area contributed by atoms with Crippen molar-refractivity contribution >= 4 is 51.8 Å². The van der Waals surface area contributed by atoms with Crippen LogP contribution in [-0.2, 0) is 14.4 Å². The monoisotopic (exact) mass is 567 g/mol. The van der Waals surface area contributed by atoms with Crippen LogP contribution >= 0.6 is 0 Å². The van der Waals surface area contributed by atoms with E-state index in [2.05, 4.69) is 29.2 Å². The average molecular weight is 568 g/mol. The number of Topliss-reactive ketones (excluding diaryl/α,β-unsaturated/α-hetero) is 1. The average Bonchev–Trinajstić information content (AvgIpc) is 3.61. The number of hydrogen-bond acceptors (Lipinski definition) is 6. The number of anilines is 1. The van der Waals surface area contributed by atoms with Gasteiger partial charge in [-0.2, -0.15) is 5.26 Å². The number of aromatic nitrogens is 1. The van der Waals surface area contributed by atoms with Crippen molar-refractivity contribution in [3.05, 3.63) is 71.4 Å². The molecule has 0 aliphatic carbocycles. The van der Waals surface area contributed by atoms with Crippen molar-refractivity contribution in [2.24, 2.45) is 0 Å². The molecule has 3 aromatic rings. The third-order valence-corrected chi connectivity index (χ3v) is 6.70. The molecule has 11 heteroatoms. The first-order chi connectivity index (χ1) is 20.3. The fourth-order valence-corrected chi connectivity index (χ4v) is 4.62. The number of ketones is 1. The summed E-state index contributed by atoms with van der Waals surface area (Å²) >= 11 is 0. The number of aliphatic carboxylic acids is 1. The quantitative estimate of drug-likeness (QED) is 0.139. The Morgan fingerprint density at radius 1 is 1.02 bits per heavy atom. The summed E-state index contributed by atoms with van der Waals surface area (Å²) in [6, 6.07) is 16.1. The number of rotatable bonds is 5. The second kappa shape index (κ2) is 14.1. The highest BCUT2D eigenvalue weighted by Gasteiger charge is 2.33. The summed E-state index contributed by atoms with van der Waals surface area (Å²) in [5.74, 6) is -2.43. The Hall–Kier alpha value is -5.68. The summed E-state index contributed by atoms with van der Waals surface area (Å²) < 4.78 is 0.